The summed E-state index contributed by atoms with van der Waals surface area (Å²) in [4.78, 5) is 0. The SMILES string of the molecule is C[C@@H]1OC(O)[C@@H](O)[C@H](O)[C@@H]1OS(=O)(=O)O. The molecule has 0 aliphatic carbocycles. The number of hydrogen-bond donors (Lipinski definition) is 4. The highest BCUT2D eigenvalue weighted by Gasteiger charge is 2.44. The van der Waals surface area contributed by atoms with Gasteiger partial charge in [-0.05, 0) is 6.92 Å². The molecule has 8 nitrogen and oxygen atoms in total. The fraction of sp³-hybridized carbons (Fsp3) is 1.00. The molecule has 1 unspecified atom stereocenters. The van der Waals surface area contributed by atoms with Crippen molar-refractivity contribution < 1.29 is 37.2 Å². The topological polar surface area (TPSA) is 134 Å². The molecular formula is C6H12O8S. The zero-order valence-electron chi connectivity index (χ0n) is 7.72. The highest BCUT2D eigenvalue weighted by molar-refractivity contribution is 7.80. The Bertz CT molecular complexity index is 313. The van der Waals surface area contributed by atoms with Gasteiger partial charge in [0.05, 0.1) is 6.10 Å². The summed E-state index contributed by atoms with van der Waals surface area (Å²) in [6.07, 6.45) is -7.48. The normalized spacial score (nSPS) is 42.9. The van der Waals surface area contributed by atoms with Crippen LogP contribution in [-0.2, 0) is 19.3 Å². The first-order valence-electron chi connectivity index (χ1n) is 4.07. The minimum atomic E-state index is -4.76. The van der Waals surface area contributed by atoms with Crippen LogP contribution < -0.4 is 0 Å². The maximum Gasteiger partial charge on any atom is 0.397 e. The minimum Gasteiger partial charge on any atom is -0.387 e. The number of hydrogen-bond acceptors (Lipinski definition) is 7. The first-order valence-corrected chi connectivity index (χ1v) is 5.44. The summed E-state index contributed by atoms with van der Waals surface area (Å²) in [5.41, 5.74) is 0. The van der Waals surface area contributed by atoms with Crippen LogP contribution in [0.5, 0.6) is 0 Å². The van der Waals surface area contributed by atoms with Crippen LogP contribution in [0.1, 0.15) is 6.92 Å². The van der Waals surface area contributed by atoms with E-state index >= 15 is 0 Å². The van der Waals surface area contributed by atoms with Gasteiger partial charge in [0, 0.05) is 0 Å². The van der Waals surface area contributed by atoms with E-state index in [2.05, 4.69) is 8.92 Å². The summed E-state index contributed by atoms with van der Waals surface area (Å²) in [6, 6.07) is 0. The highest BCUT2D eigenvalue weighted by atomic mass is 32.3. The minimum absolute atomic E-state index is 1.000. The van der Waals surface area contributed by atoms with Crippen LogP contribution in [-0.4, -0.2) is 59.0 Å². The number of aliphatic hydroxyl groups excluding tert-OH is 3. The fourth-order valence-electron chi connectivity index (χ4n) is 1.29. The Hall–Kier alpha value is -0.290. The van der Waals surface area contributed by atoms with Gasteiger partial charge in [-0.15, -0.1) is 0 Å². The largest absolute Gasteiger partial charge is 0.397 e. The van der Waals surface area contributed by atoms with E-state index in [9.17, 15) is 13.5 Å². The van der Waals surface area contributed by atoms with Gasteiger partial charge < -0.3 is 20.1 Å². The van der Waals surface area contributed by atoms with Crippen LogP contribution in [0, 0.1) is 0 Å². The maximum absolute atomic E-state index is 10.4. The van der Waals surface area contributed by atoms with E-state index in [1.165, 1.54) is 6.92 Å². The molecule has 4 N–H and O–H groups in total. The second-order valence-electron chi connectivity index (χ2n) is 3.20. The van der Waals surface area contributed by atoms with E-state index in [4.69, 9.17) is 14.8 Å². The van der Waals surface area contributed by atoms with Crippen molar-refractivity contribution in [2.75, 3.05) is 0 Å². The number of rotatable bonds is 2. The van der Waals surface area contributed by atoms with Crippen LogP contribution in [0.2, 0.25) is 0 Å². The zero-order valence-corrected chi connectivity index (χ0v) is 8.53. The molecule has 0 bridgehead atoms. The molecule has 0 radical (unpaired) electrons. The molecule has 0 aromatic carbocycles. The third kappa shape index (κ3) is 3.08. The smallest absolute Gasteiger partial charge is 0.387 e. The molecular weight excluding hydrogens is 232 g/mol. The molecule has 1 rings (SSSR count). The molecule has 0 aromatic rings. The Labute approximate surface area is 86.0 Å². The quantitative estimate of drug-likeness (QED) is 0.396. The third-order valence-electron chi connectivity index (χ3n) is 2.03. The van der Waals surface area contributed by atoms with Gasteiger partial charge in [-0.25, -0.2) is 4.18 Å². The van der Waals surface area contributed by atoms with Crippen molar-refractivity contribution in [2.24, 2.45) is 0 Å². The van der Waals surface area contributed by atoms with Gasteiger partial charge in [-0.1, -0.05) is 0 Å². The van der Waals surface area contributed by atoms with Crippen molar-refractivity contribution in [1.82, 2.24) is 0 Å². The maximum atomic E-state index is 10.4. The molecule has 15 heavy (non-hydrogen) atoms. The zero-order chi connectivity index (χ0) is 11.8. The van der Waals surface area contributed by atoms with Gasteiger partial charge in [-0.3, -0.25) is 4.55 Å². The van der Waals surface area contributed by atoms with E-state index in [1.807, 2.05) is 0 Å². The van der Waals surface area contributed by atoms with Crippen molar-refractivity contribution in [3.05, 3.63) is 0 Å². The van der Waals surface area contributed by atoms with E-state index in [-0.39, 0.29) is 0 Å². The van der Waals surface area contributed by atoms with Crippen LogP contribution in [0.15, 0.2) is 0 Å². The molecule has 0 aromatic heterocycles. The second kappa shape index (κ2) is 4.29. The molecule has 1 saturated heterocycles. The molecule has 9 heteroatoms. The van der Waals surface area contributed by atoms with Crippen molar-refractivity contribution in [2.45, 2.75) is 37.6 Å². The Morgan fingerprint density at radius 3 is 2.20 bits per heavy atom. The lowest BCUT2D eigenvalue weighted by Crippen LogP contribution is -2.57. The van der Waals surface area contributed by atoms with Crippen molar-refractivity contribution in [3.8, 4) is 0 Å². The molecule has 1 fully saturated rings. The molecule has 5 atom stereocenters. The molecule has 0 spiro atoms. The highest BCUT2D eigenvalue weighted by Crippen LogP contribution is 2.22. The van der Waals surface area contributed by atoms with Crippen molar-refractivity contribution in [1.29, 1.82) is 0 Å². The third-order valence-corrected chi connectivity index (χ3v) is 2.49. The second-order valence-corrected chi connectivity index (χ2v) is 4.25. The molecule has 0 amide bonds. The molecule has 0 saturated carbocycles. The van der Waals surface area contributed by atoms with Crippen LogP contribution in [0.4, 0.5) is 0 Å². The molecule has 90 valence electrons. The standard InChI is InChI=1S/C6H12O8S/c1-2-5(14-15(10,11)12)3(7)4(8)6(9)13-2/h2-9H,1H3,(H,10,11,12)/t2-,3-,4-,5+,6?/m0/s1. The summed E-state index contributed by atoms with van der Waals surface area (Å²) in [7, 11) is -4.76. The van der Waals surface area contributed by atoms with Gasteiger partial charge in [0.25, 0.3) is 0 Å². The Morgan fingerprint density at radius 2 is 1.73 bits per heavy atom. The van der Waals surface area contributed by atoms with E-state index in [0.717, 1.165) is 0 Å². The Kier molecular flexibility index (Phi) is 3.66. The molecule has 1 aliphatic heterocycles. The summed E-state index contributed by atoms with van der Waals surface area (Å²) < 4.78 is 38.0. The van der Waals surface area contributed by atoms with Gasteiger partial charge in [-0.2, -0.15) is 8.42 Å². The van der Waals surface area contributed by atoms with Crippen LogP contribution >= 0.6 is 0 Å². The number of ether oxygens (including phenoxy) is 1. The van der Waals surface area contributed by atoms with Gasteiger partial charge >= 0.3 is 10.4 Å². The Balaban J connectivity index is 2.79. The van der Waals surface area contributed by atoms with Crippen LogP contribution in [0.3, 0.4) is 0 Å². The first-order chi connectivity index (χ1) is 6.72. The van der Waals surface area contributed by atoms with E-state index < -0.39 is 41.1 Å². The average molecular weight is 244 g/mol. The average Bonchev–Trinajstić information content (AvgIpc) is 2.07. The van der Waals surface area contributed by atoms with E-state index in [0.29, 0.717) is 0 Å². The predicted molar refractivity (Wildman–Crippen MR) is 45.0 cm³/mol. The lowest BCUT2D eigenvalue weighted by molar-refractivity contribution is -0.273. The lowest BCUT2D eigenvalue weighted by Gasteiger charge is -2.38. The van der Waals surface area contributed by atoms with Crippen molar-refractivity contribution in [3.63, 3.8) is 0 Å². The summed E-state index contributed by atoms with van der Waals surface area (Å²) in [5.74, 6) is 0. The van der Waals surface area contributed by atoms with Gasteiger partial charge in [0.2, 0.25) is 0 Å². The fourth-order valence-corrected chi connectivity index (χ4v) is 1.85. The molecule has 1 heterocycles. The van der Waals surface area contributed by atoms with Crippen molar-refractivity contribution >= 4 is 10.4 Å². The monoisotopic (exact) mass is 244 g/mol. The Morgan fingerprint density at radius 1 is 1.20 bits per heavy atom. The summed E-state index contributed by atoms with van der Waals surface area (Å²) in [6.45, 7) is 1.31. The molecule has 1 aliphatic rings. The van der Waals surface area contributed by atoms with E-state index in [1.54, 1.807) is 0 Å². The predicted octanol–water partition coefficient (Wildman–Crippen LogP) is -2.37. The lowest BCUT2D eigenvalue weighted by atomic mass is 10.0. The summed E-state index contributed by atoms with van der Waals surface area (Å²) >= 11 is 0. The first kappa shape index (κ1) is 12.8. The number of aliphatic hydroxyl groups is 3. The van der Waals surface area contributed by atoms with Crippen LogP contribution in [0.25, 0.3) is 0 Å². The summed E-state index contributed by atoms with van der Waals surface area (Å²) in [5, 5.41) is 27.5. The van der Waals surface area contributed by atoms with Gasteiger partial charge in [0.15, 0.2) is 6.29 Å². The van der Waals surface area contributed by atoms with Gasteiger partial charge in [0.1, 0.15) is 18.3 Å².